The van der Waals surface area contributed by atoms with Gasteiger partial charge in [0.1, 0.15) is 17.9 Å². The molecule has 0 saturated carbocycles. The number of pyridine rings is 1. The van der Waals surface area contributed by atoms with Gasteiger partial charge < -0.3 is 13.9 Å². The van der Waals surface area contributed by atoms with Crippen molar-refractivity contribution in [1.29, 1.82) is 0 Å². The molecule has 5 rings (SSSR count). The van der Waals surface area contributed by atoms with E-state index in [-0.39, 0.29) is 6.61 Å². The van der Waals surface area contributed by atoms with Crippen molar-refractivity contribution in [2.45, 2.75) is 32.3 Å². The highest BCUT2D eigenvalue weighted by Gasteiger charge is 2.24. The Balaban J connectivity index is 1.52. The van der Waals surface area contributed by atoms with Crippen molar-refractivity contribution in [2.24, 2.45) is 0 Å². The Morgan fingerprint density at radius 2 is 1.90 bits per heavy atom. The van der Waals surface area contributed by atoms with Gasteiger partial charge in [-0.1, -0.05) is 18.2 Å². The van der Waals surface area contributed by atoms with Crippen molar-refractivity contribution >= 4 is 27.8 Å². The van der Waals surface area contributed by atoms with E-state index in [1.54, 1.807) is 25.3 Å². The molecule has 0 saturated heterocycles. The third-order valence-corrected chi connectivity index (χ3v) is 5.77. The zero-order valence-corrected chi connectivity index (χ0v) is 17.1. The van der Waals surface area contributed by atoms with Crippen molar-refractivity contribution in [1.82, 2.24) is 4.98 Å². The number of hydrogen-bond donors (Lipinski definition) is 0. The number of esters is 1. The average molecular weight is 415 g/mol. The molecule has 2 aromatic heterocycles. The molecule has 0 radical (unpaired) electrons. The van der Waals surface area contributed by atoms with Gasteiger partial charge in [0.2, 0.25) is 0 Å². The number of nitrogens with zero attached hydrogens (tertiary/aromatic N) is 1. The van der Waals surface area contributed by atoms with Crippen molar-refractivity contribution in [2.75, 3.05) is 7.11 Å². The number of rotatable bonds is 4. The fourth-order valence-electron chi connectivity index (χ4n) is 4.28. The van der Waals surface area contributed by atoms with Crippen LogP contribution in [0.2, 0.25) is 0 Å². The highest BCUT2D eigenvalue weighted by atomic mass is 16.5. The van der Waals surface area contributed by atoms with Crippen LogP contribution in [0.25, 0.3) is 21.9 Å². The van der Waals surface area contributed by atoms with E-state index < -0.39 is 11.6 Å². The minimum atomic E-state index is -0.501. The molecule has 0 N–H and O–H groups in total. The van der Waals surface area contributed by atoms with Gasteiger partial charge in [-0.25, -0.2) is 9.59 Å². The minimum absolute atomic E-state index is 0.0291. The van der Waals surface area contributed by atoms with Crippen LogP contribution in [0.4, 0.5) is 0 Å². The number of benzene rings is 2. The fourth-order valence-corrected chi connectivity index (χ4v) is 4.28. The molecular formula is C25H21NO5. The first kappa shape index (κ1) is 19.3. The van der Waals surface area contributed by atoms with Gasteiger partial charge in [-0.2, -0.15) is 0 Å². The summed E-state index contributed by atoms with van der Waals surface area (Å²) < 4.78 is 16.2. The van der Waals surface area contributed by atoms with Crippen LogP contribution in [-0.2, 0) is 24.2 Å². The van der Waals surface area contributed by atoms with E-state index in [4.69, 9.17) is 18.9 Å². The lowest BCUT2D eigenvalue weighted by Crippen LogP contribution is -2.16. The molecule has 31 heavy (non-hydrogen) atoms. The molecule has 1 aliphatic rings. The van der Waals surface area contributed by atoms with Crippen LogP contribution >= 0.6 is 0 Å². The molecule has 0 fully saturated rings. The molecule has 6 heteroatoms. The van der Waals surface area contributed by atoms with E-state index in [1.165, 1.54) is 6.07 Å². The van der Waals surface area contributed by atoms with Gasteiger partial charge in [-0.3, -0.25) is 4.98 Å². The predicted octanol–water partition coefficient (Wildman–Crippen LogP) is 4.59. The summed E-state index contributed by atoms with van der Waals surface area (Å²) in [6.07, 6.45) is 3.78. The Morgan fingerprint density at radius 1 is 1.06 bits per heavy atom. The van der Waals surface area contributed by atoms with Crippen molar-refractivity contribution in [3.63, 3.8) is 0 Å². The Bertz CT molecular complexity index is 1370. The van der Waals surface area contributed by atoms with E-state index in [9.17, 15) is 9.59 Å². The molecule has 2 heterocycles. The third-order valence-electron chi connectivity index (χ3n) is 5.77. The number of carbonyl (C=O) groups excluding carboxylic acids is 1. The molecule has 0 spiro atoms. The molecule has 0 unspecified atom stereocenters. The van der Waals surface area contributed by atoms with Crippen LogP contribution in [0.5, 0.6) is 5.75 Å². The van der Waals surface area contributed by atoms with Crippen LogP contribution in [0.1, 0.15) is 40.0 Å². The molecule has 1 aliphatic carbocycles. The number of carbonyl (C=O) groups is 1. The number of aryl methyl sites for hydroxylation is 1. The number of aromatic nitrogens is 1. The molecule has 156 valence electrons. The van der Waals surface area contributed by atoms with Gasteiger partial charge in [-0.15, -0.1) is 0 Å². The van der Waals surface area contributed by atoms with Crippen LogP contribution in [0, 0.1) is 0 Å². The zero-order chi connectivity index (χ0) is 21.4. The minimum Gasteiger partial charge on any atom is -0.497 e. The summed E-state index contributed by atoms with van der Waals surface area (Å²) in [6, 6.07) is 14.2. The SMILES string of the molecule is COc1ccc2c(COC(=O)c3c4c(nc5ccccc35)CCCC4)cc(=O)oc2c1. The van der Waals surface area contributed by atoms with E-state index in [1.807, 2.05) is 24.3 Å². The molecule has 0 atom stereocenters. The van der Waals surface area contributed by atoms with Crippen LogP contribution in [0.3, 0.4) is 0 Å². The topological polar surface area (TPSA) is 78.6 Å². The lowest BCUT2D eigenvalue weighted by atomic mass is 9.90. The molecule has 4 aromatic rings. The normalized spacial score (nSPS) is 13.2. The van der Waals surface area contributed by atoms with Crippen molar-refractivity contribution in [3.8, 4) is 5.75 Å². The fraction of sp³-hybridized carbons (Fsp3) is 0.240. The summed E-state index contributed by atoms with van der Waals surface area (Å²) in [5, 5.41) is 1.50. The molecular weight excluding hydrogens is 394 g/mol. The van der Waals surface area contributed by atoms with Crippen LogP contribution in [0.15, 0.2) is 57.7 Å². The smallest absolute Gasteiger partial charge is 0.339 e. The summed E-state index contributed by atoms with van der Waals surface area (Å²) >= 11 is 0. The molecule has 0 aliphatic heterocycles. The summed E-state index contributed by atoms with van der Waals surface area (Å²) in [6.45, 7) is -0.0291. The highest BCUT2D eigenvalue weighted by Crippen LogP contribution is 2.30. The van der Waals surface area contributed by atoms with Gasteiger partial charge in [0.05, 0.1) is 18.2 Å². The van der Waals surface area contributed by atoms with E-state index in [2.05, 4.69) is 0 Å². The van der Waals surface area contributed by atoms with Gasteiger partial charge in [0.15, 0.2) is 0 Å². The highest BCUT2D eigenvalue weighted by molar-refractivity contribution is 6.05. The van der Waals surface area contributed by atoms with Gasteiger partial charge in [0.25, 0.3) is 0 Å². The Morgan fingerprint density at radius 3 is 2.77 bits per heavy atom. The number of para-hydroxylation sites is 1. The number of hydrogen-bond acceptors (Lipinski definition) is 6. The Kier molecular flexibility index (Phi) is 4.90. The third kappa shape index (κ3) is 3.54. The second kappa shape index (κ2) is 7.87. The predicted molar refractivity (Wildman–Crippen MR) is 117 cm³/mol. The van der Waals surface area contributed by atoms with E-state index in [0.29, 0.717) is 27.8 Å². The first-order chi connectivity index (χ1) is 15.1. The van der Waals surface area contributed by atoms with Crippen molar-refractivity contribution in [3.05, 3.63) is 81.3 Å². The van der Waals surface area contributed by atoms with Gasteiger partial charge in [0, 0.05) is 34.2 Å². The molecule has 2 aromatic carbocycles. The maximum Gasteiger partial charge on any atom is 0.339 e. The Labute approximate surface area is 178 Å². The number of ether oxygens (including phenoxy) is 2. The summed E-state index contributed by atoms with van der Waals surface area (Å²) in [7, 11) is 1.55. The summed E-state index contributed by atoms with van der Waals surface area (Å²) in [4.78, 5) is 30.1. The second-order valence-corrected chi connectivity index (χ2v) is 7.67. The monoisotopic (exact) mass is 415 g/mol. The van der Waals surface area contributed by atoms with Crippen LogP contribution < -0.4 is 10.4 Å². The first-order valence-electron chi connectivity index (χ1n) is 10.3. The van der Waals surface area contributed by atoms with Gasteiger partial charge in [-0.05, 0) is 49.4 Å². The molecule has 6 nitrogen and oxygen atoms in total. The molecule has 0 bridgehead atoms. The quantitative estimate of drug-likeness (QED) is 0.358. The standard InChI is InChI=1S/C25H21NO5/c1-29-16-10-11-17-15(12-23(27)31-22(17)13-16)14-30-25(28)24-18-6-2-4-8-20(18)26-21-9-5-3-7-19(21)24/h2,4,6,8,10-13H,3,5,7,9,14H2,1H3. The molecule has 0 amide bonds. The van der Waals surface area contributed by atoms with Crippen molar-refractivity contribution < 1.29 is 18.7 Å². The maximum absolute atomic E-state index is 13.3. The van der Waals surface area contributed by atoms with Gasteiger partial charge >= 0.3 is 11.6 Å². The van der Waals surface area contributed by atoms with E-state index >= 15 is 0 Å². The largest absolute Gasteiger partial charge is 0.497 e. The Hall–Kier alpha value is -3.67. The second-order valence-electron chi connectivity index (χ2n) is 7.67. The van der Waals surface area contributed by atoms with E-state index in [0.717, 1.165) is 47.8 Å². The zero-order valence-electron chi connectivity index (χ0n) is 17.1. The first-order valence-corrected chi connectivity index (χ1v) is 10.3. The number of fused-ring (bicyclic) bond motifs is 3. The lowest BCUT2D eigenvalue weighted by molar-refractivity contribution is 0.0474. The average Bonchev–Trinajstić information content (AvgIpc) is 2.80. The number of methoxy groups -OCH3 is 1. The maximum atomic E-state index is 13.3. The summed E-state index contributed by atoms with van der Waals surface area (Å²) in [5.41, 5.74) is 3.84. The van der Waals surface area contributed by atoms with Crippen LogP contribution in [-0.4, -0.2) is 18.1 Å². The summed E-state index contributed by atoms with van der Waals surface area (Å²) in [5.74, 6) is 0.186. The lowest BCUT2D eigenvalue weighted by Gasteiger charge is -2.20.